The molecule has 30 heavy (non-hydrogen) atoms. The molecule has 160 valence electrons. The number of halogens is 3. The number of ether oxygens (including phenoxy) is 1. The quantitative estimate of drug-likeness (QED) is 0.460. The number of benzene rings is 2. The molecule has 0 spiro atoms. The van der Waals surface area contributed by atoms with Crippen molar-refractivity contribution >= 4 is 40.5 Å². The molecule has 0 aliphatic carbocycles. The van der Waals surface area contributed by atoms with E-state index in [1.54, 1.807) is 18.2 Å². The fraction of sp³-hybridized carbons (Fsp3) is 0.250. The van der Waals surface area contributed by atoms with Gasteiger partial charge in [0.25, 0.3) is 5.91 Å². The second kappa shape index (κ2) is 11.5. The fourth-order valence-corrected chi connectivity index (χ4v) is 3.04. The number of amides is 1. The molecule has 0 atom stereocenters. The van der Waals surface area contributed by atoms with E-state index in [0.717, 1.165) is 0 Å². The van der Waals surface area contributed by atoms with Crippen LogP contribution in [0.1, 0.15) is 16.7 Å². The normalized spacial score (nSPS) is 11.9. The molecule has 0 heterocycles. The zero-order valence-corrected chi connectivity index (χ0v) is 18.1. The van der Waals surface area contributed by atoms with E-state index < -0.39 is 11.7 Å². The lowest BCUT2D eigenvalue weighted by molar-refractivity contribution is -0.114. The van der Waals surface area contributed by atoms with Crippen molar-refractivity contribution in [3.8, 4) is 0 Å². The van der Waals surface area contributed by atoms with Gasteiger partial charge in [-0.15, -0.1) is 0 Å². The Hall–Kier alpha value is -2.68. The summed E-state index contributed by atoms with van der Waals surface area (Å²) in [5.41, 5.74) is 1.75. The molecule has 2 rings (SSSR count). The summed E-state index contributed by atoms with van der Waals surface area (Å²) in [6, 6.07) is 8.89. The number of methoxy groups -OCH3 is 1. The molecule has 0 saturated carbocycles. The van der Waals surface area contributed by atoms with Crippen LogP contribution < -0.4 is 5.32 Å². The van der Waals surface area contributed by atoms with Crippen LogP contribution in [0.25, 0.3) is 0 Å². The number of hydrogen-bond donors (Lipinski definition) is 1. The smallest absolute Gasteiger partial charge is 0.273 e. The largest absolute Gasteiger partial charge is 0.398 e. The van der Waals surface area contributed by atoms with Crippen LogP contribution in [0.2, 0.25) is 10.0 Å². The summed E-state index contributed by atoms with van der Waals surface area (Å²) < 4.78 is 18.5. The second-order valence-corrected chi connectivity index (χ2v) is 6.65. The molecule has 0 aliphatic rings. The van der Waals surface area contributed by atoms with E-state index in [4.69, 9.17) is 37.6 Å². The van der Waals surface area contributed by atoms with Crippen LogP contribution in [0.3, 0.4) is 0 Å². The van der Waals surface area contributed by atoms with Gasteiger partial charge in [-0.2, -0.15) is 0 Å². The number of rotatable bonds is 9. The van der Waals surface area contributed by atoms with Crippen LogP contribution in [0.4, 0.5) is 4.39 Å². The monoisotopic (exact) mass is 455 g/mol. The Kier molecular flexibility index (Phi) is 9.04. The zero-order chi connectivity index (χ0) is 22.1. The molecule has 1 amide bonds. The Balaban J connectivity index is 2.35. The van der Waals surface area contributed by atoms with E-state index in [1.165, 1.54) is 39.5 Å². The maximum absolute atomic E-state index is 13.3. The molecular weight excluding hydrogens is 436 g/mol. The molecule has 0 aromatic heterocycles. The van der Waals surface area contributed by atoms with Crippen LogP contribution in [0.15, 0.2) is 46.7 Å². The predicted octanol–water partition coefficient (Wildman–Crippen LogP) is 3.80. The highest BCUT2D eigenvalue weighted by Gasteiger charge is 2.20. The summed E-state index contributed by atoms with van der Waals surface area (Å²) in [5, 5.41) is 10.9. The Morgan fingerprint density at radius 3 is 2.50 bits per heavy atom. The van der Waals surface area contributed by atoms with E-state index in [-0.39, 0.29) is 23.9 Å². The molecule has 2 aromatic rings. The van der Waals surface area contributed by atoms with Gasteiger partial charge in [0.1, 0.15) is 25.2 Å². The summed E-state index contributed by atoms with van der Waals surface area (Å²) in [6.07, 6.45) is 0. The van der Waals surface area contributed by atoms with Gasteiger partial charge in [0.15, 0.2) is 5.71 Å². The van der Waals surface area contributed by atoms with Gasteiger partial charge in [-0.1, -0.05) is 45.6 Å². The minimum Gasteiger partial charge on any atom is -0.398 e. The van der Waals surface area contributed by atoms with Crippen molar-refractivity contribution < 1.29 is 23.6 Å². The van der Waals surface area contributed by atoms with Crippen molar-refractivity contribution in [1.29, 1.82) is 0 Å². The van der Waals surface area contributed by atoms with Gasteiger partial charge in [-0.3, -0.25) is 4.79 Å². The maximum Gasteiger partial charge on any atom is 0.273 e. The summed E-state index contributed by atoms with van der Waals surface area (Å²) in [5.74, 6) is -0.927. The summed E-state index contributed by atoms with van der Waals surface area (Å²) in [7, 11) is 4.29. The molecule has 0 aliphatic heterocycles. The topological polar surface area (TPSA) is 81.5 Å². The first-order chi connectivity index (χ1) is 14.4. The van der Waals surface area contributed by atoms with Gasteiger partial charge in [0.2, 0.25) is 0 Å². The molecule has 0 saturated heterocycles. The van der Waals surface area contributed by atoms with E-state index in [9.17, 15) is 9.18 Å². The van der Waals surface area contributed by atoms with Crippen molar-refractivity contribution in [1.82, 2.24) is 5.32 Å². The van der Waals surface area contributed by atoms with Gasteiger partial charge < -0.3 is 19.7 Å². The molecule has 0 unspecified atom stereocenters. The summed E-state index contributed by atoms with van der Waals surface area (Å²) in [4.78, 5) is 22.5. The highest BCUT2D eigenvalue weighted by molar-refractivity contribution is 6.46. The first kappa shape index (κ1) is 23.6. The Morgan fingerprint density at radius 1 is 1.10 bits per heavy atom. The Morgan fingerprint density at radius 2 is 1.87 bits per heavy atom. The van der Waals surface area contributed by atoms with Crippen LogP contribution in [0, 0.1) is 5.82 Å². The highest BCUT2D eigenvalue weighted by atomic mass is 35.5. The van der Waals surface area contributed by atoms with E-state index in [2.05, 4.69) is 15.6 Å². The molecule has 0 bridgehead atoms. The molecule has 0 radical (unpaired) electrons. The number of likely N-dealkylation sites (N-methyl/N-ethyl adjacent to an activating group) is 1. The van der Waals surface area contributed by atoms with Crippen molar-refractivity contribution in [3.63, 3.8) is 0 Å². The van der Waals surface area contributed by atoms with Gasteiger partial charge >= 0.3 is 0 Å². The average Bonchev–Trinajstić information content (AvgIpc) is 2.72. The average molecular weight is 456 g/mol. The molecule has 1 N–H and O–H groups in total. The van der Waals surface area contributed by atoms with Gasteiger partial charge in [-0.25, -0.2) is 4.39 Å². The summed E-state index contributed by atoms with van der Waals surface area (Å²) >= 11 is 12.4. The van der Waals surface area contributed by atoms with Gasteiger partial charge in [-0.05, 0) is 24.3 Å². The molecule has 2 aromatic carbocycles. The summed E-state index contributed by atoms with van der Waals surface area (Å²) in [6.45, 7) is -0.00385. The van der Waals surface area contributed by atoms with E-state index in [0.29, 0.717) is 27.4 Å². The number of carbonyl (C=O) groups is 1. The first-order valence-electron chi connectivity index (χ1n) is 8.67. The SMILES string of the molecule is CNC(=O)/C(=N/OC)c1cccc(Cl)c1CO/N=C(\COC)c1ccc(F)cc1Cl. The molecular formula is C20H20Cl2FN3O4. The second-order valence-electron chi connectivity index (χ2n) is 5.84. The number of hydrogen-bond acceptors (Lipinski definition) is 6. The zero-order valence-electron chi connectivity index (χ0n) is 16.5. The van der Waals surface area contributed by atoms with Crippen molar-refractivity contribution in [2.75, 3.05) is 27.9 Å². The highest BCUT2D eigenvalue weighted by Crippen LogP contribution is 2.23. The third-order valence-corrected chi connectivity index (χ3v) is 4.57. The lowest BCUT2D eigenvalue weighted by Crippen LogP contribution is -2.29. The number of nitrogens with one attached hydrogen (secondary N) is 1. The van der Waals surface area contributed by atoms with E-state index in [1.807, 2.05) is 0 Å². The molecule has 10 heteroatoms. The third kappa shape index (κ3) is 5.91. The molecule has 7 nitrogen and oxygen atoms in total. The first-order valence-corrected chi connectivity index (χ1v) is 9.42. The number of carbonyl (C=O) groups excluding carboxylic acids is 1. The van der Waals surface area contributed by atoms with Crippen LogP contribution in [0.5, 0.6) is 0 Å². The minimum absolute atomic E-state index is 0.0313. The lowest BCUT2D eigenvalue weighted by Gasteiger charge is -2.13. The standard InChI is InChI=1S/C20H20Cl2FN3O4/c1-24-20(27)19(26-29-3)13-5-4-6-16(21)15(13)10-30-25-18(11-28-2)14-8-7-12(23)9-17(14)22/h4-9H,10-11H2,1-3H3,(H,24,27)/b25-18+,26-19+. The van der Waals surface area contributed by atoms with Crippen LogP contribution >= 0.6 is 23.2 Å². The van der Waals surface area contributed by atoms with Gasteiger partial charge in [0, 0.05) is 35.9 Å². The van der Waals surface area contributed by atoms with Crippen LogP contribution in [-0.4, -0.2) is 45.2 Å². The van der Waals surface area contributed by atoms with Crippen molar-refractivity contribution in [2.45, 2.75) is 6.61 Å². The third-order valence-electron chi connectivity index (χ3n) is 3.91. The Bertz CT molecular complexity index is 967. The minimum atomic E-state index is -0.471. The predicted molar refractivity (Wildman–Crippen MR) is 114 cm³/mol. The lowest BCUT2D eigenvalue weighted by atomic mass is 10.0. The maximum atomic E-state index is 13.3. The van der Waals surface area contributed by atoms with Crippen molar-refractivity contribution in [3.05, 3.63) is 69.0 Å². The van der Waals surface area contributed by atoms with Crippen molar-refractivity contribution in [2.24, 2.45) is 10.3 Å². The molecule has 0 fully saturated rings. The Labute approximate surface area is 183 Å². The van der Waals surface area contributed by atoms with Gasteiger partial charge in [0.05, 0.1) is 11.6 Å². The van der Waals surface area contributed by atoms with E-state index >= 15 is 0 Å². The fourth-order valence-electron chi connectivity index (χ4n) is 2.54. The van der Waals surface area contributed by atoms with Crippen LogP contribution in [-0.2, 0) is 25.8 Å². The number of oxime groups is 2. The number of nitrogens with zero attached hydrogens (tertiary/aromatic N) is 2.